The van der Waals surface area contributed by atoms with Crippen molar-refractivity contribution in [3.8, 4) is 0 Å². The molecule has 0 saturated heterocycles. The first-order valence-corrected chi connectivity index (χ1v) is 7.38. The van der Waals surface area contributed by atoms with E-state index in [9.17, 15) is 5.11 Å². The van der Waals surface area contributed by atoms with Crippen molar-refractivity contribution < 1.29 is 9.52 Å². The molecule has 2 aromatic carbocycles. The van der Waals surface area contributed by atoms with E-state index in [1.807, 2.05) is 36.4 Å². The average Bonchev–Trinajstić information content (AvgIpc) is 3.11. The lowest BCUT2D eigenvalue weighted by molar-refractivity contribution is 0.155. The van der Waals surface area contributed by atoms with E-state index in [4.69, 9.17) is 4.42 Å². The fraction of sp³-hybridized carbons (Fsp3) is 0.158. The van der Waals surface area contributed by atoms with Crippen molar-refractivity contribution >= 4 is 5.69 Å². The maximum absolute atomic E-state index is 10.4. The van der Waals surface area contributed by atoms with Gasteiger partial charge in [-0.2, -0.15) is 0 Å². The molecular weight excluding hydrogens is 274 g/mol. The Balaban J connectivity index is 1.80. The summed E-state index contributed by atoms with van der Waals surface area (Å²) in [7, 11) is 0. The summed E-state index contributed by atoms with van der Waals surface area (Å²) in [5.74, 6) is 0.592. The van der Waals surface area contributed by atoms with Crippen LogP contribution in [0.25, 0.3) is 0 Å². The van der Waals surface area contributed by atoms with E-state index in [0.717, 1.165) is 12.2 Å². The lowest BCUT2D eigenvalue weighted by Gasteiger charge is -2.27. The molecule has 3 aromatic rings. The SMILES string of the molecule is OC(CN(Cc1ccccc1)c1ccccc1)c1ccco1. The maximum atomic E-state index is 10.4. The van der Waals surface area contributed by atoms with Gasteiger partial charge in [0.15, 0.2) is 0 Å². The fourth-order valence-corrected chi connectivity index (χ4v) is 2.48. The smallest absolute Gasteiger partial charge is 0.134 e. The first kappa shape index (κ1) is 14.4. The van der Waals surface area contributed by atoms with Gasteiger partial charge in [-0.15, -0.1) is 0 Å². The molecule has 0 spiro atoms. The number of para-hydroxylation sites is 1. The minimum Gasteiger partial charge on any atom is -0.467 e. The third-order valence-corrected chi connectivity index (χ3v) is 3.60. The van der Waals surface area contributed by atoms with E-state index in [0.29, 0.717) is 12.3 Å². The minimum atomic E-state index is -0.654. The molecule has 0 aliphatic carbocycles. The van der Waals surface area contributed by atoms with E-state index in [1.54, 1.807) is 18.4 Å². The van der Waals surface area contributed by atoms with Crippen LogP contribution >= 0.6 is 0 Å². The molecular formula is C19H19NO2. The monoisotopic (exact) mass is 293 g/mol. The Morgan fingerprint density at radius 2 is 1.55 bits per heavy atom. The van der Waals surface area contributed by atoms with E-state index < -0.39 is 6.10 Å². The van der Waals surface area contributed by atoms with Crippen LogP contribution in [0.4, 0.5) is 5.69 Å². The van der Waals surface area contributed by atoms with Crippen LogP contribution in [0.1, 0.15) is 17.4 Å². The van der Waals surface area contributed by atoms with Crippen LogP contribution in [-0.2, 0) is 6.54 Å². The predicted molar refractivity (Wildman–Crippen MR) is 87.6 cm³/mol. The second kappa shape index (κ2) is 6.96. The lowest BCUT2D eigenvalue weighted by atomic mass is 10.1. The van der Waals surface area contributed by atoms with Gasteiger partial charge >= 0.3 is 0 Å². The second-order valence-electron chi connectivity index (χ2n) is 5.23. The summed E-state index contributed by atoms with van der Waals surface area (Å²) in [6, 6.07) is 24.0. The number of rotatable bonds is 6. The molecule has 0 fully saturated rings. The van der Waals surface area contributed by atoms with Crippen molar-refractivity contribution in [1.82, 2.24) is 0 Å². The van der Waals surface area contributed by atoms with Crippen molar-refractivity contribution in [1.29, 1.82) is 0 Å². The van der Waals surface area contributed by atoms with Gasteiger partial charge in [0.2, 0.25) is 0 Å². The summed E-state index contributed by atoms with van der Waals surface area (Å²) in [4.78, 5) is 2.16. The predicted octanol–water partition coefficient (Wildman–Crippen LogP) is 4.02. The summed E-state index contributed by atoms with van der Waals surface area (Å²) in [6.07, 6.45) is 0.932. The molecule has 1 heterocycles. The molecule has 0 saturated carbocycles. The van der Waals surface area contributed by atoms with Gasteiger partial charge < -0.3 is 14.4 Å². The normalized spacial score (nSPS) is 12.0. The topological polar surface area (TPSA) is 36.6 Å². The van der Waals surface area contributed by atoms with Crippen molar-refractivity contribution in [3.05, 3.63) is 90.4 Å². The van der Waals surface area contributed by atoms with Crippen LogP contribution in [0.15, 0.2) is 83.5 Å². The van der Waals surface area contributed by atoms with Crippen LogP contribution in [-0.4, -0.2) is 11.7 Å². The molecule has 3 nitrogen and oxygen atoms in total. The first-order chi connectivity index (χ1) is 10.8. The summed E-state index contributed by atoms with van der Waals surface area (Å²) in [5.41, 5.74) is 2.29. The van der Waals surface area contributed by atoms with Crippen molar-refractivity contribution in [3.63, 3.8) is 0 Å². The van der Waals surface area contributed by atoms with E-state index in [1.165, 1.54) is 5.56 Å². The molecule has 0 aliphatic rings. The highest BCUT2D eigenvalue weighted by Gasteiger charge is 2.16. The highest BCUT2D eigenvalue weighted by atomic mass is 16.4. The number of hydrogen-bond acceptors (Lipinski definition) is 3. The van der Waals surface area contributed by atoms with Crippen LogP contribution < -0.4 is 4.90 Å². The number of aliphatic hydroxyl groups excluding tert-OH is 1. The van der Waals surface area contributed by atoms with Crippen LogP contribution in [0.2, 0.25) is 0 Å². The second-order valence-corrected chi connectivity index (χ2v) is 5.23. The highest BCUT2D eigenvalue weighted by Crippen LogP contribution is 2.22. The summed E-state index contributed by atoms with van der Waals surface area (Å²) in [5, 5.41) is 10.4. The Bertz CT molecular complexity index is 665. The zero-order chi connectivity index (χ0) is 15.2. The maximum Gasteiger partial charge on any atom is 0.134 e. The van der Waals surface area contributed by atoms with Gasteiger partial charge in [0.25, 0.3) is 0 Å². The summed E-state index contributed by atoms with van der Waals surface area (Å²) >= 11 is 0. The zero-order valence-electron chi connectivity index (χ0n) is 12.3. The number of anilines is 1. The van der Waals surface area contributed by atoms with Crippen LogP contribution in [0.5, 0.6) is 0 Å². The zero-order valence-corrected chi connectivity index (χ0v) is 12.3. The average molecular weight is 293 g/mol. The fourth-order valence-electron chi connectivity index (χ4n) is 2.48. The van der Waals surface area contributed by atoms with Crippen molar-refractivity contribution in [2.75, 3.05) is 11.4 Å². The van der Waals surface area contributed by atoms with Gasteiger partial charge in [-0.1, -0.05) is 48.5 Å². The van der Waals surface area contributed by atoms with Crippen LogP contribution in [0.3, 0.4) is 0 Å². The largest absolute Gasteiger partial charge is 0.467 e. The molecule has 112 valence electrons. The molecule has 0 aliphatic heterocycles. The quantitative estimate of drug-likeness (QED) is 0.745. The molecule has 0 bridgehead atoms. The minimum absolute atomic E-state index is 0.479. The Hall–Kier alpha value is -2.52. The number of benzene rings is 2. The van der Waals surface area contributed by atoms with Crippen molar-refractivity contribution in [2.45, 2.75) is 12.6 Å². The molecule has 3 rings (SSSR count). The summed E-state index contributed by atoms with van der Waals surface area (Å²) < 4.78 is 5.31. The first-order valence-electron chi connectivity index (χ1n) is 7.38. The van der Waals surface area contributed by atoms with Gasteiger partial charge in [0.05, 0.1) is 12.8 Å². The van der Waals surface area contributed by atoms with Gasteiger partial charge in [0, 0.05) is 12.2 Å². The highest BCUT2D eigenvalue weighted by molar-refractivity contribution is 5.47. The van der Waals surface area contributed by atoms with Gasteiger partial charge in [0.1, 0.15) is 11.9 Å². The number of nitrogens with zero attached hydrogens (tertiary/aromatic N) is 1. The number of aliphatic hydroxyl groups is 1. The van der Waals surface area contributed by atoms with E-state index in [-0.39, 0.29) is 0 Å². The Morgan fingerprint density at radius 3 is 2.18 bits per heavy atom. The number of furan rings is 1. The molecule has 3 heteroatoms. The van der Waals surface area contributed by atoms with E-state index in [2.05, 4.69) is 29.2 Å². The summed E-state index contributed by atoms with van der Waals surface area (Å²) in [6.45, 7) is 1.22. The molecule has 0 radical (unpaired) electrons. The third kappa shape index (κ3) is 3.57. The van der Waals surface area contributed by atoms with Crippen molar-refractivity contribution in [2.24, 2.45) is 0 Å². The Labute approximate surface area is 130 Å². The molecule has 22 heavy (non-hydrogen) atoms. The Kier molecular flexibility index (Phi) is 4.56. The van der Waals surface area contributed by atoms with Gasteiger partial charge in [-0.25, -0.2) is 0 Å². The molecule has 1 unspecified atom stereocenters. The molecule has 1 aromatic heterocycles. The van der Waals surface area contributed by atoms with Crippen LogP contribution in [0, 0.1) is 0 Å². The molecule has 0 amide bonds. The lowest BCUT2D eigenvalue weighted by Crippen LogP contribution is -2.28. The van der Waals surface area contributed by atoms with E-state index >= 15 is 0 Å². The molecule has 1 atom stereocenters. The third-order valence-electron chi connectivity index (χ3n) is 3.60. The Morgan fingerprint density at radius 1 is 0.864 bits per heavy atom. The van der Waals surface area contributed by atoms with Gasteiger partial charge in [-0.05, 0) is 29.8 Å². The number of hydrogen-bond donors (Lipinski definition) is 1. The molecule has 1 N–H and O–H groups in total. The standard InChI is InChI=1S/C19H19NO2/c21-18(19-12-7-13-22-19)15-20(17-10-5-2-6-11-17)14-16-8-3-1-4-9-16/h1-13,18,21H,14-15H2. The van der Waals surface area contributed by atoms with Gasteiger partial charge in [-0.3, -0.25) is 0 Å².